The van der Waals surface area contributed by atoms with E-state index in [0.717, 1.165) is 16.8 Å². The van der Waals surface area contributed by atoms with Crippen molar-refractivity contribution in [2.45, 2.75) is 13.0 Å². The number of hydrogen-bond acceptors (Lipinski definition) is 3. The molecule has 1 unspecified atom stereocenters. The van der Waals surface area contributed by atoms with Crippen molar-refractivity contribution in [2.24, 2.45) is 0 Å². The molecule has 0 radical (unpaired) electrons. The molecule has 0 spiro atoms. The van der Waals surface area contributed by atoms with Gasteiger partial charge in [0.15, 0.2) is 0 Å². The maximum atomic E-state index is 6.42. The number of hydrogen-bond donors (Lipinski definition) is 1. The van der Waals surface area contributed by atoms with Gasteiger partial charge in [-0.3, -0.25) is 0 Å². The largest absolute Gasteiger partial charge is 0.324 e. The zero-order valence-corrected chi connectivity index (χ0v) is 14.4. The lowest BCUT2D eigenvalue weighted by Crippen LogP contribution is -2.20. The first-order valence-corrected chi connectivity index (χ1v) is 8.30. The summed E-state index contributed by atoms with van der Waals surface area (Å²) in [5.74, 6) is 1.41. The molecule has 0 aliphatic carbocycles. The van der Waals surface area contributed by atoms with Gasteiger partial charge in [0.1, 0.15) is 11.9 Å². The molecular weight excluding hydrogens is 343 g/mol. The minimum Gasteiger partial charge on any atom is -0.324 e. The Balaban J connectivity index is 1.85. The van der Waals surface area contributed by atoms with Crippen LogP contribution in [0.15, 0.2) is 54.6 Å². The molecule has 0 bridgehead atoms. The summed E-state index contributed by atoms with van der Waals surface area (Å²) in [5.41, 5.74) is 2.97. The van der Waals surface area contributed by atoms with E-state index in [1.165, 1.54) is 0 Å². The SMILES string of the molecule is Cc1nc2n(n1)C(c1ccccc1Cl)C=C(c1ccc(Cl)cc1)N2. The normalized spacial score (nSPS) is 16.3. The van der Waals surface area contributed by atoms with E-state index in [1.54, 1.807) is 0 Å². The van der Waals surface area contributed by atoms with Crippen LogP contribution >= 0.6 is 23.2 Å². The third-order valence-corrected chi connectivity index (χ3v) is 4.55. The quantitative estimate of drug-likeness (QED) is 0.706. The van der Waals surface area contributed by atoms with Crippen molar-refractivity contribution < 1.29 is 0 Å². The molecule has 1 aliphatic rings. The number of aromatic nitrogens is 3. The lowest BCUT2D eigenvalue weighted by Gasteiger charge is -2.25. The minimum absolute atomic E-state index is 0.123. The van der Waals surface area contributed by atoms with Crippen molar-refractivity contribution in [3.63, 3.8) is 0 Å². The molecule has 2 aromatic carbocycles. The smallest absolute Gasteiger partial charge is 0.226 e. The van der Waals surface area contributed by atoms with E-state index in [-0.39, 0.29) is 6.04 Å². The standard InChI is InChI=1S/C18H14Cl2N4/c1-11-21-18-22-16(12-6-8-13(19)9-7-12)10-17(24(18)23-11)14-4-2-3-5-15(14)20/h2-10,17H,1H3,(H,21,22,23). The first kappa shape index (κ1) is 15.2. The lowest BCUT2D eigenvalue weighted by atomic mass is 10.0. The highest BCUT2D eigenvalue weighted by atomic mass is 35.5. The second kappa shape index (κ2) is 5.96. The van der Waals surface area contributed by atoms with Crippen molar-refractivity contribution in [2.75, 3.05) is 5.32 Å². The second-order valence-electron chi connectivity index (χ2n) is 5.61. The highest BCUT2D eigenvalue weighted by Crippen LogP contribution is 2.35. The minimum atomic E-state index is -0.123. The summed E-state index contributed by atoms with van der Waals surface area (Å²) in [4.78, 5) is 4.48. The fourth-order valence-corrected chi connectivity index (χ4v) is 3.21. The summed E-state index contributed by atoms with van der Waals surface area (Å²) < 4.78 is 1.86. The molecular formula is C18H14Cl2N4. The fraction of sp³-hybridized carbons (Fsp3) is 0.111. The van der Waals surface area contributed by atoms with Crippen LogP contribution in [-0.4, -0.2) is 14.8 Å². The molecule has 0 saturated heterocycles. The maximum Gasteiger partial charge on any atom is 0.226 e. The van der Waals surface area contributed by atoms with Crippen LogP contribution < -0.4 is 5.32 Å². The Morgan fingerprint density at radius 1 is 1.04 bits per heavy atom. The Morgan fingerprint density at radius 3 is 2.54 bits per heavy atom. The van der Waals surface area contributed by atoms with Gasteiger partial charge in [0.25, 0.3) is 0 Å². The average Bonchev–Trinajstić information content (AvgIpc) is 2.95. The number of nitrogens with zero attached hydrogens (tertiary/aromatic N) is 3. The average molecular weight is 357 g/mol. The van der Waals surface area contributed by atoms with Crippen LogP contribution in [0, 0.1) is 6.92 Å². The topological polar surface area (TPSA) is 42.7 Å². The Morgan fingerprint density at radius 2 is 1.79 bits per heavy atom. The molecule has 1 atom stereocenters. The molecule has 0 fully saturated rings. The van der Waals surface area contributed by atoms with Crippen LogP contribution in [0.1, 0.15) is 23.0 Å². The van der Waals surface area contributed by atoms with Crippen molar-refractivity contribution >= 4 is 34.8 Å². The van der Waals surface area contributed by atoms with Gasteiger partial charge in [-0.25, -0.2) is 4.68 Å². The molecule has 4 nitrogen and oxygen atoms in total. The van der Waals surface area contributed by atoms with Gasteiger partial charge in [-0.1, -0.05) is 53.5 Å². The second-order valence-corrected chi connectivity index (χ2v) is 6.45. The van der Waals surface area contributed by atoms with Crippen molar-refractivity contribution in [3.8, 4) is 0 Å². The molecule has 24 heavy (non-hydrogen) atoms. The van der Waals surface area contributed by atoms with Crippen molar-refractivity contribution in [1.82, 2.24) is 14.8 Å². The van der Waals surface area contributed by atoms with E-state index < -0.39 is 0 Å². The molecule has 6 heteroatoms. The van der Waals surface area contributed by atoms with Crippen LogP contribution in [0.3, 0.4) is 0 Å². The van der Waals surface area contributed by atoms with Gasteiger partial charge in [-0.15, -0.1) is 0 Å². The Labute approximate surface area is 149 Å². The predicted molar refractivity (Wildman–Crippen MR) is 97.4 cm³/mol. The van der Waals surface area contributed by atoms with E-state index in [1.807, 2.05) is 60.1 Å². The number of benzene rings is 2. The summed E-state index contributed by atoms with van der Waals surface area (Å²) in [6, 6.07) is 15.4. The van der Waals surface area contributed by atoms with Gasteiger partial charge in [-0.2, -0.15) is 10.1 Å². The number of aryl methyl sites for hydroxylation is 1. The zero-order valence-electron chi connectivity index (χ0n) is 12.9. The number of anilines is 1. The summed E-state index contributed by atoms with van der Waals surface area (Å²) in [6.45, 7) is 1.87. The van der Waals surface area contributed by atoms with Crippen molar-refractivity contribution in [1.29, 1.82) is 0 Å². The first-order valence-electron chi connectivity index (χ1n) is 7.54. The number of allylic oxidation sites excluding steroid dienone is 1. The van der Waals surface area contributed by atoms with Gasteiger partial charge in [-0.05, 0) is 42.3 Å². The van der Waals surface area contributed by atoms with Gasteiger partial charge in [0.05, 0.1) is 0 Å². The molecule has 0 saturated carbocycles. The highest BCUT2D eigenvalue weighted by Gasteiger charge is 2.25. The summed E-state index contributed by atoms with van der Waals surface area (Å²) in [7, 11) is 0. The monoisotopic (exact) mass is 356 g/mol. The Hall–Kier alpha value is -2.30. The molecule has 4 rings (SSSR count). The Kier molecular flexibility index (Phi) is 3.79. The summed E-state index contributed by atoms with van der Waals surface area (Å²) in [6.07, 6.45) is 2.10. The molecule has 1 N–H and O–H groups in total. The molecule has 0 amide bonds. The third-order valence-electron chi connectivity index (χ3n) is 3.95. The Bertz CT molecular complexity index is 928. The van der Waals surface area contributed by atoms with E-state index in [9.17, 15) is 0 Å². The van der Waals surface area contributed by atoms with Gasteiger partial charge < -0.3 is 5.32 Å². The van der Waals surface area contributed by atoms with Crippen LogP contribution in [-0.2, 0) is 0 Å². The number of nitrogens with one attached hydrogen (secondary N) is 1. The summed E-state index contributed by atoms with van der Waals surface area (Å²) >= 11 is 12.4. The molecule has 2 heterocycles. The molecule has 1 aromatic heterocycles. The van der Waals surface area contributed by atoms with Crippen LogP contribution in [0.5, 0.6) is 0 Å². The van der Waals surface area contributed by atoms with Gasteiger partial charge in [0.2, 0.25) is 5.95 Å². The van der Waals surface area contributed by atoms with Crippen molar-refractivity contribution in [3.05, 3.63) is 81.6 Å². The maximum absolute atomic E-state index is 6.42. The predicted octanol–water partition coefficient (Wildman–Crippen LogP) is 4.95. The third kappa shape index (κ3) is 2.68. The zero-order chi connectivity index (χ0) is 16.7. The number of rotatable bonds is 2. The van der Waals surface area contributed by atoms with Gasteiger partial charge >= 0.3 is 0 Å². The van der Waals surface area contributed by atoms with Crippen LogP contribution in [0.4, 0.5) is 5.95 Å². The van der Waals surface area contributed by atoms with E-state index >= 15 is 0 Å². The summed E-state index contributed by atoms with van der Waals surface area (Å²) in [5, 5.41) is 9.26. The number of fused-ring (bicyclic) bond motifs is 1. The highest BCUT2D eigenvalue weighted by molar-refractivity contribution is 6.31. The first-order chi connectivity index (χ1) is 11.6. The molecule has 3 aromatic rings. The fourth-order valence-electron chi connectivity index (χ4n) is 2.83. The number of halogens is 2. The van der Waals surface area contributed by atoms with Crippen LogP contribution in [0.2, 0.25) is 10.0 Å². The van der Waals surface area contributed by atoms with E-state index in [4.69, 9.17) is 23.2 Å². The van der Waals surface area contributed by atoms with E-state index in [0.29, 0.717) is 21.8 Å². The van der Waals surface area contributed by atoms with E-state index in [2.05, 4.69) is 21.5 Å². The molecule has 120 valence electrons. The van der Waals surface area contributed by atoms with Gasteiger partial charge in [0, 0.05) is 15.7 Å². The molecule has 1 aliphatic heterocycles. The lowest BCUT2D eigenvalue weighted by molar-refractivity contribution is 0.607. The van der Waals surface area contributed by atoms with Crippen LogP contribution in [0.25, 0.3) is 5.70 Å².